The summed E-state index contributed by atoms with van der Waals surface area (Å²) < 4.78 is 5.19. The van der Waals surface area contributed by atoms with E-state index in [4.69, 9.17) is 4.52 Å². The molecule has 0 bridgehead atoms. The van der Waals surface area contributed by atoms with Gasteiger partial charge in [0.1, 0.15) is 5.76 Å². The van der Waals surface area contributed by atoms with Crippen LogP contribution in [0.4, 0.5) is 0 Å². The zero-order valence-corrected chi connectivity index (χ0v) is 11.3. The molecule has 0 aliphatic heterocycles. The number of aliphatic hydroxyl groups is 1. The van der Waals surface area contributed by atoms with E-state index < -0.39 is 5.60 Å². The van der Waals surface area contributed by atoms with Gasteiger partial charge in [-0.25, -0.2) is 0 Å². The number of nitrogens with zero attached hydrogens (tertiary/aromatic N) is 2. The maximum Gasteiger partial charge on any atom is 0.275 e. The van der Waals surface area contributed by atoms with Gasteiger partial charge in [0, 0.05) is 25.6 Å². The van der Waals surface area contributed by atoms with Gasteiger partial charge in [0.25, 0.3) is 5.91 Å². The molecule has 2 fully saturated rings. The number of carbonyl (C=O) groups is 1. The third kappa shape index (κ3) is 2.66. The summed E-state index contributed by atoms with van der Waals surface area (Å²) in [5.74, 6) is 1.10. The van der Waals surface area contributed by atoms with Crippen LogP contribution >= 0.6 is 0 Å². The van der Waals surface area contributed by atoms with E-state index in [9.17, 15) is 9.90 Å². The predicted octanol–water partition coefficient (Wildman–Crippen LogP) is 1.93. The molecule has 0 aromatic carbocycles. The Kier molecular flexibility index (Phi) is 3.09. The first kappa shape index (κ1) is 12.7. The molecule has 2 aliphatic rings. The van der Waals surface area contributed by atoms with Crippen LogP contribution in [0.1, 0.15) is 60.7 Å². The lowest BCUT2D eigenvalue weighted by molar-refractivity contribution is 0.0153. The van der Waals surface area contributed by atoms with Crippen molar-refractivity contribution in [1.82, 2.24) is 10.1 Å². The van der Waals surface area contributed by atoms with Gasteiger partial charge in [-0.15, -0.1) is 0 Å². The van der Waals surface area contributed by atoms with Crippen LogP contribution < -0.4 is 0 Å². The minimum absolute atomic E-state index is 0.170. The second-order valence-electron chi connectivity index (χ2n) is 5.98. The van der Waals surface area contributed by atoms with E-state index in [-0.39, 0.29) is 5.91 Å². The van der Waals surface area contributed by atoms with Crippen molar-refractivity contribution in [2.24, 2.45) is 0 Å². The van der Waals surface area contributed by atoms with Crippen molar-refractivity contribution in [3.63, 3.8) is 0 Å². The number of likely N-dealkylation sites (N-methyl/N-ethyl adjacent to an activating group) is 1. The summed E-state index contributed by atoms with van der Waals surface area (Å²) in [6.45, 7) is 0.372. The maximum absolute atomic E-state index is 12.2. The summed E-state index contributed by atoms with van der Waals surface area (Å²) in [6.07, 6.45) is 5.87. The maximum atomic E-state index is 12.2. The average molecular weight is 264 g/mol. The normalized spacial score (nSPS) is 21.6. The van der Waals surface area contributed by atoms with E-state index in [2.05, 4.69) is 5.16 Å². The molecule has 0 radical (unpaired) electrons. The van der Waals surface area contributed by atoms with Gasteiger partial charge >= 0.3 is 0 Å². The second kappa shape index (κ2) is 4.63. The van der Waals surface area contributed by atoms with Crippen LogP contribution in [-0.2, 0) is 0 Å². The molecule has 0 saturated heterocycles. The molecule has 19 heavy (non-hydrogen) atoms. The molecule has 0 spiro atoms. The summed E-state index contributed by atoms with van der Waals surface area (Å²) in [7, 11) is 1.71. The predicted molar refractivity (Wildman–Crippen MR) is 68.9 cm³/mol. The highest BCUT2D eigenvalue weighted by Gasteiger charge is 2.35. The zero-order chi connectivity index (χ0) is 13.5. The highest BCUT2D eigenvalue weighted by molar-refractivity contribution is 5.92. The number of amides is 1. The molecule has 1 aromatic heterocycles. The molecule has 2 aliphatic carbocycles. The molecule has 3 rings (SSSR count). The van der Waals surface area contributed by atoms with Crippen LogP contribution in [-0.4, -0.2) is 40.3 Å². The Morgan fingerprint density at radius 2 is 2.21 bits per heavy atom. The van der Waals surface area contributed by atoms with E-state index >= 15 is 0 Å². The first-order chi connectivity index (χ1) is 9.07. The molecule has 5 heteroatoms. The number of carbonyl (C=O) groups excluding carboxylic acids is 1. The largest absolute Gasteiger partial charge is 0.388 e. The van der Waals surface area contributed by atoms with Crippen molar-refractivity contribution in [3.05, 3.63) is 17.5 Å². The Morgan fingerprint density at radius 1 is 1.53 bits per heavy atom. The standard InChI is InChI=1S/C14H20N2O3/c1-16(9-14(18)6-2-3-7-14)13(17)11-8-12(19-15-11)10-4-5-10/h8,10,18H,2-7,9H2,1H3. The van der Waals surface area contributed by atoms with Crippen molar-refractivity contribution >= 4 is 5.91 Å². The number of aromatic nitrogens is 1. The molecule has 1 aromatic rings. The lowest BCUT2D eigenvalue weighted by Gasteiger charge is -2.28. The van der Waals surface area contributed by atoms with Gasteiger partial charge in [-0.05, 0) is 25.7 Å². The Morgan fingerprint density at radius 3 is 2.84 bits per heavy atom. The van der Waals surface area contributed by atoms with Crippen molar-refractivity contribution in [2.75, 3.05) is 13.6 Å². The summed E-state index contributed by atoms with van der Waals surface area (Å²) in [4.78, 5) is 13.8. The van der Waals surface area contributed by atoms with E-state index in [0.29, 0.717) is 18.2 Å². The third-order valence-electron chi connectivity index (χ3n) is 4.14. The average Bonchev–Trinajstić information content (AvgIpc) is 2.96. The van der Waals surface area contributed by atoms with Gasteiger partial charge in [-0.3, -0.25) is 4.79 Å². The van der Waals surface area contributed by atoms with Crippen molar-refractivity contribution < 1.29 is 14.4 Å². The molecule has 104 valence electrons. The minimum Gasteiger partial charge on any atom is -0.388 e. The molecular formula is C14H20N2O3. The molecular weight excluding hydrogens is 244 g/mol. The van der Waals surface area contributed by atoms with Gasteiger partial charge in [0.2, 0.25) is 0 Å². The fraction of sp³-hybridized carbons (Fsp3) is 0.714. The molecule has 1 amide bonds. The number of hydrogen-bond acceptors (Lipinski definition) is 4. The van der Waals surface area contributed by atoms with E-state index in [1.807, 2.05) is 0 Å². The van der Waals surface area contributed by atoms with Gasteiger partial charge in [0.05, 0.1) is 5.60 Å². The third-order valence-corrected chi connectivity index (χ3v) is 4.14. The summed E-state index contributed by atoms with van der Waals surface area (Å²) >= 11 is 0. The van der Waals surface area contributed by atoms with E-state index in [0.717, 1.165) is 44.3 Å². The number of hydrogen-bond donors (Lipinski definition) is 1. The topological polar surface area (TPSA) is 66.6 Å². The smallest absolute Gasteiger partial charge is 0.275 e. The number of rotatable bonds is 4. The Bertz CT molecular complexity index is 473. The van der Waals surface area contributed by atoms with E-state index in [1.165, 1.54) is 0 Å². The van der Waals surface area contributed by atoms with Crippen molar-refractivity contribution in [1.29, 1.82) is 0 Å². The quantitative estimate of drug-likeness (QED) is 0.902. The summed E-state index contributed by atoms with van der Waals surface area (Å²) in [5.41, 5.74) is -0.362. The molecule has 5 nitrogen and oxygen atoms in total. The monoisotopic (exact) mass is 264 g/mol. The van der Waals surface area contributed by atoms with Crippen LogP contribution in [0.3, 0.4) is 0 Å². The van der Waals surface area contributed by atoms with Crippen LogP contribution in [0, 0.1) is 0 Å². The SMILES string of the molecule is CN(CC1(O)CCCC1)C(=O)c1cc(C2CC2)on1. The highest BCUT2D eigenvalue weighted by atomic mass is 16.5. The fourth-order valence-electron chi connectivity index (χ4n) is 2.85. The molecule has 0 atom stereocenters. The molecule has 2 saturated carbocycles. The van der Waals surface area contributed by atoms with Crippen molar-refractivity contribution in [3.8, 4) is 0 Å². The summed E-state index contributed by atoms with van der Waals surface area (Å²) in [5, 5.41) is 14.2. The van der Waals surface area contributed by atoms with Gasteiger partial charge < -0.3 is 14.5 Å². The lowest BCUT2D eigenvalue weighted by Crippen LogP contribution is -2.42. The van der Waals surface area contributed by atoms with Crippen LogP contribution in [0.25, 0.3) is 0 Å². The molecule has 1 N–H and O–H groups in total. The van der Waals surface area contributed by atoms with Crippen LogP contribution in [0.15, 0.2) is 10.6 Å². The van der Waals surface area contributed by atoms with Gasteiger partial charge in [0.15, 0.2) is 5.69 Å². The van der Waals surface area contributed by atoms with E-state index in [1.54, 1.807) is 18.0 Å². The van der Waals surface area contributed by atoms with Gasteiger partial charge in [-0.1, -0.05) is 18.0 Å². The van der Waals surface area contributed by atoms with Crippen LogP contribution in [0.5, 0.6) is 0 Å². The minimum atomic E-state index is -0.715. The Hall–Kier alpha value is -1.36. The lowest BCUT2D eigenvalue weighted by atomic mass is 10.0. The van der Waals surface area contributed by atoms with Crippen LogP contribution in [0.2, 0.25) is 0 Å². The second-order valence-corrected chi connectivity index (χ2v) is 5.98. The summed E-state index contributed by atoms with van der Waals surface area (Å²) in [6, 6.07) is 1.75. The first-order valence-electron chi connectivity index (χ1n) is 7.02. The molecule has 0 unspecified atom stereocenters. The molecule has 1 heterocycles. The van der Waals surface area contributed by atoms with Gasteiger partial charge in [-0.2, -0.15) is 0 Å². The fourth-order valence-corrected chi connectivity index (χ4v) is 2.85. The first-order valence-corrected chi connectivity index (χ1v) is 7.02. The Balaban J connectivity index is 1.64. The highest BCUT2D eigenvalue weighted by Crippen LogP contribution is 2.40. The zero-order valence-electron chi connectivity index (χ0n) is 11.3. The Labute approximate surface area is 112 Å². The van der Waals surface area contributed by atoms with Crippen molar-refractivity contribution in [2.45, 2.75) is 50.0 Å².